The Hall–Kier alpha value is -2.12. The van der Waals surface area contributed by atoms with E-state index in [-0.39, 0.29) is 23.1 Å². The fraction of sp³-hybridized carbons (Fsp3) is 0.125. The second-order valence-corrected chi connectivity index (χ2v) is 6.67. The van der Waals surface area contributed by atoms with E-state index in [0.717, 1.165) is 11.3 Å². The first-order chi connectivity index (χ1) is 11.3. The zero-order chi connectivity index (χ0) is 17.4. The van der Waals surface area contributed by atoms with Crippen LogP contribution < -0.4 is 0 Å². The molecule has 0 aliphatic carbocycles. The van der Waals surface area contributed by atoms with Gasteiger partial charge in [-0.15, -0.1) is 11.3 Å². The van der Waals surface area contributed by atoms with Crippen molar-refractivity contribution < 1.29 is 23.1 Å². The Bertz CT molecular complexity index is 958. The van der Waals surface area contributed by atoms with Crippen LogP contribution in [0.5, 0.6) is 0 Å². The molecule has 24 heavy (non-hydrogen) atoms. The first kappa shape index (κ1) is 16.7. The zero-order valence-corrected chi connectivity index (χ0v) is 13.5. The van der Waals surface area contributed by atoms with Crippen molar-refractivity contribution in [3.05, 3.63) is 62.9 Å². The SMILES string of the molecule is O=C(O)Cc1cc(Cl)cc(Cc2nc3c(F)c(F)cc(F)c3s2)c1. The molecule has 0 atom stereocenters. The van der Waals surface area contributed by atoms with Gasteiger partial charge in [0, 0.05) is 17.5 Å². The van der Waals surface area contributed by atoms with Gasteiger partial charge in [-0.2, -0.15) is 0 Å². The summed E-state index contributed by atoms with van der Waals surface area (Å²) in [7, 11) is 0. The van der Waals surface area contributed by atoms with Crippen LogP contribution >= 0.6 is 22.9 Å². The molecule has 124 valence electrons. The van der Waals surface area contributed by atoms with Crippen LogP contribution in [0.15, 0.2) is 24.3 Å². The maximum absolute atomic E-state index is 13.7. The maximum atomic E-state index is 13.7. The third-order valence-electron chi connectivity index (χ3n) is 3.29. The van der Waals surface area contributed by atoms with Gasteiger partial charge in [0.05, 0.1) is 16.1 Å². The van der Waals surface area contributed by atoms with Crippen LogP contribution in [0.4, 0.5) is 13.2 Å². The van der Waals surface area contributed by atoms with Crippen LogP contribution in [0.25, 0.3) is 10.2 Å². The number of aromatic nitrogens is 1. The molecule has 0 aliphatic rings. The number of carbonyl (C=O) groups is 1. The summed E-state index contributed by atoms with van der Waals surface area (Å²) in [4.78, 5) is 14.8. The van der Waals surface area contributed by atoms with Gasteiger partial charge in [-0.25, -0.2) is 18.2 Å². The summed E-state index contributed by atoms with van der Waals surface area (Å²) in [5.41, 5.74) is 0.814. The Morgan fingerprint density at radius 2 is 1.83 bits per heavy atom. The van der Waals surface area contributed by atoms with Crippen LogP contribution in [0.2, 0.25) is 5.02 Å². The predicted molar refractivity (Wildman–Crippen MR) is 85.1 cm³/mol. The van der Waals surface area contributed by atoms with Gasteiger partial charge in [0.15, 0.2) is 11.6 Å². The Labute approximate surface area is 143 Å². The number of aliphatic carboxylic acids is 1. The Balaban J connectivity index is 1.98. The lowest BCUT2D eigenvalue weighted by molar-refractivity contribution is -0.136. The van der Waals surface area contributed by atoms with Gasteiger partial charge in [-0.1, -0.05) is 17.7 Å². The van der Waals surface area contributed by atoms with E-state index in [9.17, 15) is 18.0 Å². The molecule has 8 heteroatoms. The molecule has 0 fully saturated rings. The molecule has 0 amide bonds. The monoisotopic (exact) mass is 371 g/mol. The fourth-order valence-corrected chi connectivity index (χ4v) is 3.65. The number of thiazole rings is 1. The quantitative estimate of drug-likeness (QED) is 0.683. The Morgan fingerprint density at radius 3 is 2.54 bits per heavy atom. The van der Waals surface area contributed by atoms with Crippen LogP contribution in [-0.2, 0) is 17.6 Å². The Morgan fingerprint density at radius 1 is 1.12 bits per heavy atom. The summed E-state index contributed by atoms with van der Waals surface area (Å²) in [5.74, 6) is -4.34. The minimum absolute atomic E-state index is 0.0586. The Kier molecular flexibility index (Phi) is 4.47. The van der Waals surface area contributed by atoms with Crippen LogP contribution in [0, 0.1) is 17.5 Å². The van der Waals surface area contributed by atoms with E-state index < -0.39 is 23.4 Å². The number of carboxylic acids is 1. The molecular weight excluding hydrogens is 363 g/mol. The second kappa shape index (κ2) is 6.41. The van der Waals surface area contributed by atoms with Crippen molar-refractivity contribution >= 4 is 39.1 Å². The molecule has 0 spiro atoms. The maximum Gasteiger partial charge on any atom is 0.307 e. The number of hydrogen-bond acceptors (Lipinski definition) is 3. The smallest absolute Gasteiger partial charge is 0.307 e. The highest BCUT2D eigenvalue weighted by Crippen LogP contribution is 2.30. The summed E-state index contributed by atoms with van der Waals surface area (Å²) in [6, 6.07) is 5.28. The van der Waals surface area contributed by atoms with E-state index in [1.165, 1.54) is 6.07 Å². The molecule has 3 nitrogen and oxygen atoms in total. The van der Waals surface area contributed by atoms with Gasteiger partial charge < -0.3 is 5.11 Å². The molecule has 0 radical (unpaired) electrons. The number of halogens is 4. The third kappa shape index (κ3) is 3.37. The van der Waals surface area contributed by atoms with Crippen molar-refractivity contribution in [2.75, 3.05) is 0 Å². The van der Waals surface area contributed by atoms with E-state index in [2.05, 4.69) is 4.98 Å². The highest BCUT2D eigenvalue weighted by molar-refractivity contribution is 7.18. The predicted octanol–water partition coefficient (Wildman–Crippen LogP) is 4.58. The van der Waals surface area contributed by atoms with Crippen molar-refractivity contribution in [3.63, 3.8) is 0 Å². The van der Waals surface area contributed by atoms with Crippen LogP contribution in [-0.4, -0.2) is 16.1 Å². The molecule has 0 saturated heterocycles. The molecule has 3 rings (SSSR count). The molecule has 2 aromatic carbocycles. The van der Waals surface area contributed by atoms with E-state index >= 15 is 0 Å². The van der Waals surface area contributed by atoms with Crippen molar-refractivity contribution in [3.8, 4) is 0 Å². The average Bonchev–Trinajstić information content (AvgIpc) is 2.88. The van der Waals surface area contributed by atoms with Crippen LogP contribution in [0.1, 0.15) is 16.1 Å². The van der Waals surface area contributed by atoms with Gasteiger partial charge in [0.25, 0.3) is 0 Å². The topological polar surface area (TPSA) is 50.2 Å². The van der Waals surface area contributed by atoms with Gasteiger partial charge >= 0.3 is 5.97 Å². The average molecular weight is 372 g/mol. The molecule has 0 unspecified atom stereocenters. The van der Waals surface area contributed by atoms with Crippen molar-refractivity contribution in [1.82, 2.24) is 4.98 Å². The summed E-state index contributed by atoms with van der Waals surface area (Å²) in [5, 5.41) is 9.58. The lowest BCUT2D eigenvalue weighted by atomic mass is 10.1. The third-order valence-corrected chi connectivity index (χ3v) is 4.57. The number of nitrogens with zero attached hydrogens (tertiary/aromatic N) is 1. The normalized spacial score (nSPS) is 11.2. The largest absolute Gasteiger partial charge is 0.481 e. The first-order valence-corrected chi connectivity index (χ1v) is 7.96. The van der Waals surface area contributed by atoms with Crippen molar-refractivity contribution in [1.29, 1.82) is 0 Å². The number of benzene rings is 2. The summed E-state index contributed by atoms with van der Waals surface area (Å²) >= 11 is 6.89. The minimum Gasteiger partial charge on any atom is -0.481 e. The zero-order valence-electron chi connectivity index (χ0n) is 11.9. The second-order valence-electron chi connectivity index (χ2n) is 5.15. The molecule has 1 N–H and O–H groups in total. The first-order valence-electron chi connectivity index (χ1n) is 6.76. The van der Waals surface area contributed by atoms with Gasteiger partial charge in [-0.05, 0) is 23.3 Å². The molecule has 0 saturated carbocycles. The van der Waals surface area contributed by atoms with Crippen molar-refractivity contribution in [2.45, 2.75) is 12.8 Å². The van der Waals surface area contributed by atoms with E-state index in [1.807, 2.05) is 0 Å². The highest BCUT2D eigenvalue weighted by atomic mass is 35.5. The van der Waals surface area contributed by atoms with E-state index in [4.69, 9.17) is 16.7 Å². The molecule has 3 aromatic rings. The van der Waals surface area contributed by atoms with Crippen LogP contribution in [0.3, 0.4) is 0 Å². The summed E-state index contributed by atoms with van der Waals surface area (Å²) in [6.45, 7) is 0. The molecule has 1 aromatic heterocycles. The fourth-order valence-electron chi connectivity index (χ4n) is 2.37. The lowest BCUT2D eigenvalue weighted by Gasteiger charge is -2.04. The standard InChI is InChI=1S/C16H9ClF3NO2S/c17-9-2-7(1-8(3-9)5-13(22)23)4-12-21-15-14(20)10(18)6-11(19)16(15)24-12/h1-3,6H,4-5H2,(H,22,23). The minimum atomic E-state index is -1.29. The molecule has 0 aliphatic heterocycles. The number of carboxylic acid groups (broad SMARTS) is 1. The highest BCUT2D eigenvalue weighted by Gasteiger charge is 2.17. The molecule has 1 heterocycles. The van der Waals surface area contributed by atoms with E-state index in [0.29, 0.717) is 27.2 Å². The van der Waals surface area contributed by atoms with Gasteiger partial charge in [0.1, 0.15) is 11.3 Å². The van der Waals surface area contributed by atoms with Crippen molar-refractivity contribution in [2.24, 2.45) is 0 Å². The molecule has 0 bridgehead atoms. The van der Waals surface area contributed by atoms with E-state index in [1.54, 1.807) is 12.1 Å². The number of rotatable bonds is 4. The summed E-state index contributed by atoms with van der Waals surface area (Å²) in [6.07, 6.45) is 0.00883. The summed E-state index contributed by atoms with van der Waals surface area (Å²) < 4.78 is 40.6. The van der Waals surface area contributed by atoms with Gasteiger partial charge in [-0.3, -0.25) is 4.79 Å². The van der Waals surface area contributed by atoms with Gasteiger partial charge in [0.2, 0.25) is 0 Å². The lowest BCUT2D eigenvalue weighted by Crippen LogP contribution is -2.01. The molecular formula is C16H9ClF3NO2S. The number of fused-ring (bicyclic) bond motifs is 1. The number of hydrogen-bond donors (Lipinski definition) is 1.